The molecule has 7 nitrogen and oxygen atoms in total. The summed E-state index contributed by atoms with van der Waals surface area (Å²) >= 11 is 1.34. The first kappa shape index (κ1) is 17.0. The van der Waals surface area contributed by atoms with Gasteiger partial charge in [-0.2, -0.15) is 0 Å². The molecule has 24 heavy (non-hydrogen) atoms. The minimum atomic E-state index is -3.55. The van der Waals surface area contributed by atoms with Crippen LogP contribution in [0.25, 0.3) is 0 Å². The van der Waals surface area contributed by atoms with E-state index in [4.69, 9.17) is 5.73 Å². The Morgan fingerprint density at radius 3 is 2.79 bits per heavy atom. The fourth-order valence-corrected chi connectivity index (χ4v) is 4.15. The van der Waals surface area contributed by atoms with Crippen molar-refractivity contribution in [3.05, 3.63) is 39.8 Å². The molecule has 1 aromatic heterocycles. The van der Waals surface area contributed by atoms with Crippen LogP contribution in [0, 0.1) is 0 Å². The molecule has 1 amide bonds. The molecule has 2 N–H and O–H groups in total. The molecule has 0 saturated carbocycles. The average molecular weight is 366 g/mol. The van der Waals surface area contributed by atoms with Gasteiger partial charge in [-0.05, 0) is 24.1 Å². The Bertz CT molecular complexity index is 890. The highest BCUT2D eigenvalue weighted by Crippen LogP contribution is 2.32. The Hall–Kier alpha value is -1.81. The maximum absolute atomic E-state index is 12.7. The lowest BCUT2D eigenvalue weighted by molar-refractivity contribution is 0.0985. The average Bonchev–Trinajstić information content (AvgIpc) is 3.20. The van der Waals surface area contributed by atoms with E-state index in [0.29, 0.717) is 35.9 Å². The van der Waals surface area contributed by atoms with Gasteiger partial charge in [0.05, 0.1) is 4.90 Å². The van der Waals surface area contributed by atoms with E-state index in [1.54, 1.807) is 28.5 Å². The molecule has 0 radical (unpaired) electrons. The van der Waals surface area contributed by atoms with Gasteiger partial charge in [-0.1, -0.05) is 6.07 Å². The monoisotopic (exact) mass is 366 g/mol. The number of thiazole rings is 1. The summed E-state index contributed by atoms with van der Waals surface area (Å²) in [4.78, 5) is 18.7. The molecule has 0 fully saturated rings. The highest BCUT2D eigenvalue weighted by molar-refractivity contribution is 7.89. The molecular formula is C15H18N4O3S2. The number of nitrogens with zero attached hydrogens (tertiary/aromatic N) is 3. The zero-order valence-electron chi connectivity index (χ0n) is 13.4. The van der Waals surface area contributed by atoms with Crippen LogP contribution in [0.5, 0.6) is 0 Å². The maximum Gasteiger partial charge on any atom is 0.277 e. The summed E-state index contributed by atoms with van der Waals surface area (Å²) in [7, 11) is -0.584. The zero-order valence-corrected chi connectivity index (χ0v) is 15.0. The predicted octanol–water partition coefficient (Wildman–Crippen LogP) is 1.06. The summed E-state index contributed by atoms with van der Waals surface area (Å²) in [5.41, 5.74) is 7.47. The van der Waals surface area contributed by atoms with E-state index in [-0.39, 0.29) is 10.8 Å². The summed E-state index contributed by atoms with van der Waals surface area (Å²) in [6.07, 6.45) is 0.692. The van der Waals surface area contributed by atoms with Gasteiger partial charge in [-0.3, -0.25) is 4.79 Å². The third-order valence-electron chi connectivity index (χ3n) is 3.92. The Labute approximate surface area is 144 Å². The van der Waals surface area contributed by atoms with Crippen molar-refractivity contribution in [1.82, 2.24) is 9.29 Å². The summed E-state index contributed by atoms with van der Waals surface area (Å²) in [6.45, 7) is 0.800. The van der Waals surface area contributed by atoms with Gasteiger partial charge in [-0.25, -0.2) is 17.7 Å². The second-order valence-electron chi connectivity index (χ2n) is 5.62. The lowest BCUT2D eigenvalue weighted by Gasteiger charge is -2.18. The van der Waals surface area contributed by atoms with Crippen LogP contribution in [-0.4, -0.2) is 44.3 Å². The lowest BCUT2D eigenvalue weighted by Crippen LogP contribution is -2.29. The molecule has 2 aromatic rings. The number of hydrogen-bond donors (Lipinski definition) is 1. The van der Waals surface area contributed by atoms with E-state index >= 15 is 0 Å². The highest BCUT2D eigenvalue weighted by Gasteiger charge is 2.29. The fourth-order valence-electron chi connectivity index (χ4n) is 2.58. The zero-order chi connectivity index (χ0) is 17.5. The number of nitrogens with two attached hydrogens (primary N) is 1. The van der Waals surface area contributed by atoms with E-state index < -0.39 is 10.0 Å². The van der Waals surface area contributed by atoms with Gasteiger partial charge in [0.15, 0.2) is 0 Å². The Morgan fingerprint density at radius 1 is 1.42 bits per heavy atom. The van der Waals surface area contributed by atoms with Crippen molar-refractivity contribution >= 4 is 33.0 Å². The van der Waals surface area contributed by atoms with E-state index in [1.807, 2.05) is 0 Å². The van der Waals surface area contributed by atoms with Crippen molar-refractivity contribution in [2.75, 3.05) is 25.5 Å². The SMILES string of the molecule is CN(C)S(=O)(=O)c1ccc2c(c1)N(C(=O)c1csc(CN)n1)CC2. The summed E-state index contributed by atoms with van der Waals surface area (Å²) in [6, 6.07) is 4.91. The molecule has 0 spiro atoms. The van der Waals surface area contributed by atoms with Gasteiger partial charge >= 0.3 is 0 Å². The van der Waals surface area contributed by atoms with Crippen molar-refractivity contribution in [2.45, 2.75) is 17.9 Å². The van der Waals surface area contributed by atoms with Crippen LogP contribution >= 0.6 is 11.3 Å². The third-order valence-corrected chi connectivity index (χ3v) is 6.60. The van der Waals surface area contributed by atoms with Crippen LogP contribution in [0.2, 0.25) is 0 Å². The van der Waals surface area contributed by atoms with Crippen molar-refractivity contribution in [2.24, 2.45) is 5.73 Å². The molecule has 3 rings (SSSR count). The number of sulfonamides is 1. The molecule has 1 aromatic carbocycles. The van der Waals surface area contributed by atoms with Gasteiger partial charge in [0.2, 0.25) is 10.0 Å². The van der Waals surface area contributed by atoms with Gasteiger partial charge in [0.25, 0.3) is 5.91 Å². The van der Waals surface area contributed by atoms with Crippen LogP contribution < -0.4 is 10.6 Å². The second-order valence-corrected chi connectivity index (χ2v) is 8.71. The minimum absolute atomic E-state index is 0.173. The number of anilines is 1. The molecular weight excluding hydrogens is 348 g/mol. The second kappa shape index (κ2) is 6.25. The van der Waals surface area contributed by atoms with E-state index in [0.717, 1.165) is 9.87 Å². The van der Waals surface area contributed by atoms with Gasteiger partial charge in [0, 0.05) is 38.3 Å². The molecule has 0 unspecified atom stereocenters. The van der Waals surface area contributed by atoms with E-state index in [1.165, 1.54) is 25.4 Å². The van der Waals surface area contributed by atoms with Gasteiger partial charge in [-0.15, -0.1) is 11.3 Å². The van der Waals surface area contributed by atoms with Crippen LogP contribution in [0.1, 0.15) is 21.1 Å². The van der Waals surface area contributed by atoms with Gasteiger partial charge in [0.1, 0.15) is 10.7 Å². The molecule has 0 saturated heterocycles. The van der Waals surface area contributed by atoms with Crippen molar-refractivity contribution in [1.29, 1.82) is 0 Å². The number of benzene rings is 1. The first-order valence-electron chi connectivity index (χ1n) is 7.36. The molecule has 0 bridgehead atoms. The first-order valence-corrected chi connectivity index (χ1v) is 9.68. The molecule has 0 atom stereocenters. The number of carbonyl (C=O) groups excluding carboxylic acids is 1. The Kier molecular flexibility index (Phi) is 4.43. The first-order chi connectivity index (χ1) is 11.3. The smallest absolute Gasteiger partial charge is 0.277 e. The molecule has 1 aliphatic rings. The van der Waals surface area contributed by atoms with Crippen LogP contribution in [0.3, 0.4) is 0 Å². The highest BCUT2D eigenvalue weighted by atomic mass is 32.2. The number of carbonyl (C=O) groups is 1. The normalized spacial score (nSPS) is 14.2. The van der Waals surface area contributed by atoms with E-state index in [2.05, 4.69) is 4.98 Å². The fraction of sp³-hybridized carbons (Fsp3) is 0.333. The summed E-state index contributed by atoms with van der Waals surface area (Å²) in [5, 5.41) is 2.38. The minimum Gasteiger partial charge on any atom is -0.325 e. The topological polar surface area (TPSA) is 96.6 Å². The molecule has 2 heterocycles. The lowest BCUT2D eigenvalue weighted by atomic mass is 10.2. The summed E-state index contributed by atoms with van der Waals surface area (Å²) in [5.74, 6) is -0.232. The summed E-state index contributed by atoms with van der Waals surface area (Å²) < 4.78 is 25.8. The number of fused-ring (bicyclic) bond motifs is 1. The van der Waals surface area contributed by atoms with Crippen molar-refractivity contribution in [3.63, 3.8) is 0 Å². The standard InChI is InChI=1S/C15H18N4O3S2/c1-18(2)24(21,22)11-4-3-10-5-6-19(13(10)7-11)15(20)12-9-23-14(8-16)17-12/h3-4,7,9H,5-6,8,16H2,1-2H3. The number of hydrogen-bond acceptors (Lipinski definition) is 6. The molecule has 128 valence electrons. The quantitative estimate of drug-likeness (QED) is 0.873. The van der Waals surface area contributed by atoms with Crippen LogP contribution in [0.15, 0.2) is 28.5 Å². The molecule has 0 aliphatic carbocycles. The molecule has 1 aliphatic heterocycles. The van der Waals surface area contributed by atoms with Crippen LogP contribution in [0.4, 0.5) is 5.69 Å². The Morgan fingerprint density at radius 2 is 2.17 bits per heavy atom. The molecule has 9 heteroatoms. The maximum atomic E-state index is 12.7. The Balaban J connectivity index is 1.97. The third kappa shape index (κ3) is 2.84. The predicted molar refractivity (Wildman–Crippen MR) is 92.7 cm³/mol. The van der Waals surface area contributed by atoms with Crippen LogP contribution in [-0.2, 0) is 23.0 Å². The number of aromatic nitrogens is 1. The van der Waals surface area contributed by atoms with Crippen molar-refractivity contribution < 1.29 is 13.2 Å². The number of amides is 1. The largest absolute Gasteiger partial charge is 0.325 e. The number of rotatable bonds is 4. The van der Waals surface area contributed by atoms with Gasteiger partial charge < -0.3 is 10.6 Å². The van der Waals surface area contributed by atoms with E-state index in [9.17, 15) is 13.2 Å². The van der Waals surface area contributed by atoms with Crippen molar-refractivity contribution in [3.8, 4) is 0 Å².